The summed E-state index contributed by atoms with van der Waals surface area (Å²) in [6.07, 6.45) is -8.91. The Morgan fingerprint density at radius 2 is 1.21 bits per heavy atom. The molecule has 0 amide bonds. The summed E-state index contributed by atoms with van der Waals surface area (Å²) in [7, 11) is 0. The van der Waals surface area contributed by atoms with Crippen LogP contribution < -0.4 is 0 Å². The van der Waals surface area contributed by atoms with Gasteiger partial charge in [-0.05, 0) is 23.2 Å². The number of nitrogens with zero attached hydrogens (tertiary/aromatic N) is 1. The second-order valence-corrected chi connectivity index (χ2v) is 4.13. The van der Waals surface area contributed by atoms with Crippen LogP contribution >= 0.6 is 23.2 Å². The van der Waals surface area contributed by atoms with Crippen molar-refractivity contribution in [3.05, 3.63) is 0 Å². The van der Waals surface area contributed by atoms with Crippen molar-refractivity contribution in [3.63, 3.8) is 0 Å². The van der Waals surface area contributed by atoms with Crippen LogP contribution in [0, 0.1) is 0 Å². The topological polar surface area (TPSA) is 12.4 Å². The van der Waals surface area contributed by atoms with E-state index < -0.39 is 41.5 Å². The fraction of sp³-hybridized carbons (Fsp3) is 0.857. The second kappa shape index (κ2) is 5.55. The van der Waals surface area contributed by atoms with Crippen molar-refractivity contribution in [2.45, 2.75) is 30.4 Å². The molecule has 0 fully saturated rings. The van der Waals surface area contributed by atoms with E-state index in [1.807, 2.05) is 0 Å². The van der Waals surface area contributed by atoms with Crippen LogP contribution in [-0.4, -0.2) is 35.1 Å². The molecular weight excluding hydrogens is 340 g/mol. The molecule has 0 unspecified atom stereocenters. The Balaban J connectivity index is 5.22. The Labute approximate surface area is 110 Å². The first-order valence-corrected chi connectivity index (χ1v) is 4.98. The molecule has 0 aromatic rings. The molecule has 0 aliphatic rings. The Kier molecular flexibility index (Phi) is 5.44. The third kappa shape index (κ3) is 3.80. The van der Waals surface area contributed by atoms with Crippen LogP contribution in [0.15, 0.2) is 4.99 Å². The molecule has 0 aromatic carbocycles. The van der Waals surface area contributed by atoms with Gasteiger partial charge in [-0.25, -0.2) is 0 Å². The van der Waals surface area contributed by atoms with Crippen LogP contribution in [0.25, 0.3) is 0 Å². The van der Waals surface area contributed by atoms with Crippen molar-refractivity contribution in [1.82, 2.24) is 0 Å². The van der Waals surface area contributed by atoms with E-state index in [2.05, 4.69) is 4.99 Å². The van der Waals surface area contributed by atoms with Crippen LogP contribution in [0.5, 0.6) is 0 Å². The molecule has 1 nitrogen and oxygen atoms in total. The maximum atomic E-state index is 12.8. The molecule has 0 heterocycles. The Hall–Kier alpha value is -0.380. The second-order valence-electron chi connectivity index (χ2n) is 3.22. The highest BCUT2D eigenvalue weighted by molar-refractivity contribution is 6.95. The molecule has 12 heteroatoms. The van der Waals surface area contributed by atoms with Gasteiger partial charge in [0.05, 0.1) is 0 Å². The molecule has 19 heavy (non-hydrogen) atoms. The predicted molar refractivity (Wildman–Crippen MR) is 49.5 cm³/mol. The first kappa shape index (κ1) is 18.6. The van der Waals surface area contributed by atoms with Crippen molar-refractivity contribution in [2.24, 2.45) is 4.99 Å². The maximum Gasteiger partial charge on any atom is 0.460 e. The zero-order valence-corrected chi connectivity index (χ0v) is 10.0. The zero-order valence-electron chi connectivity index (χ0n) is 8.52. The van der Waals surface area contributed by atoms with Gasteiger partial charge in [0, 0.05) is 13.0 Å². The monoisotopic (exact) mass is 343 g/mol. The highest BCUT2D eigenvalue weighted by atomic mass is 35.5. The van der Waals surface area contributed by atoms with E-state index in [1.54, 1.807) is 0 Å². The average Bonchev–Trinajstić information content (AvgIpc) is 2.14. The minimum Gasteiger partial charge on any atom is -0.263 e. The van der Waals surface area contributed by atoms with E-state index in [0.29, 0.717) is 0 Å². The third-order valence-corrected chi connectivity index (χ3v) is 2.11. The fourth-order valence-corrected chi connectivity index (χ4v) is 1.01. The van der Waals surface area contributed by atoms with E-state index in [0.717, 1.165) is 0 Å². The lowest BCUT2D eigenvalue weighted by Gasteiger charge is -2.33. The van der Waals surface area contributed by atoms with Crippen LogP contribution in [-0.2, 0) is 0 Å². The van der Waals surface area contributed by atoms with Gasteiger partial charge in [-0.1, -0.05) is 0 Å². The molecule has 0 bridgehead atoms. The average molecular weight is 344 g/mol. The highest BCUT2D eigenvalue weighted by Gasteiger charge is 2.81. The summed E-state index contributed by atoms with van der Waals surface area (Å²) in [5.74, 6) is -19.2. The molecule has 0 rings (SSSR count). The molecule has 0 atom stereocenters. The van der Waals surface area contributed by atoms with Gasteiger partial charge in [0.25, 0.3) is 0 Å². The number of hydrogen-bond donors (Lipinski definition) is 0. The Morgan fingerprint density at radius 3 is 1.53 bits per heavy atom. The first-order valence-electron chi connectivity index (χ1n) is 4.22. The summed E-state index contributed by atoms with van der Waals surface area (Å²) in [6.45, 7) is -1.25. The summed E-state index contributed by atoms with van der Waals surface area (Å²) < 4.78 is 110. The molecule has 0 aliphatic carbocycles. The number of rotatable bonds is 5. The van der Waals surface area contributed by atoms with E-state index in [4.69, 9.17) is 23.2 Å². The Morgan fingerprint density at radius 1 is 0.789 bits per heavy atom. The molecule has 0 saturated heterocycles. The largest absolute Gasteiger partial charge is 0.460 e. The molecule has 0 radical (unpaired) electrons. The van der Waals surface area contributed by atoms with E-state index >= 15 is 0 Å². The molecule has 0 aliphatic heterocycles. The van der Waals surface area contributed by atoms with Crippen molar-refractivity contribution in [3.8, 4) is 0 Å². The van der Waals surface area contributed by atoms with Crippen molar-refractivity contribution >= 4 is 27.8 Å². The summed E-state index contributed by atoms with van der Waals surface area (Å²) >= 11 is 9.68. The van der Waals surface area contributed by atoms with E-state index in [9.17, 15) is 39.5 Å². The number of alkyl halides is 9. The standard InChI is InChI=1S/C7H4Cl2F9N/c8-3(9)19-2-1-4(10,11)5(12,13)6(14,15)7(16,17)18/h1-2H2. The van der Waals surface area contributed by atoms with Gasteiger partial charge in [-0.3, -0.25) is 4.99 Å². The fourth-order valence-electron chi connectivity index (χ4n) is 0.846. The maximum absolute atomic E-state index is 12.8. The van der Waals surface area contributed by atoms with Crippen LogP contribution in [0.2, 0.25) is 0 Å². The van der Waals surface area contributed by atoms with Gasteiger partial charge in [-0.15, -0.1) is 0 Å². The predicted octanol–water partition coefficient (Wildman–Crippen LogP) is 4.68. The van der Waals surface area contributed by atoms with Crippen molar-refractivity contribution in [1.29, 1.82) is 0 Å². The summed E-state index contributed by atoms with van der Waals surface area (Å²) in [4.78, 5) is 2.78. The SMILES string of the molecule is FC(F)(F)C(F)(F)C(F)(F)C(F)(F)CCN=C(Cl)Cl. The third-order valence-electron chi connectivity index (χ3n) is 1.87. The summed E-state index contributed by atoms with van der Waals surface area (Å²) in [5, 5.41) is 0. The lowest BCUT2D eigenvalue weighted by atomic mass is 10.0. The van der Waals surface area contributed by atoms with Gasteiger partial charge < -0.3 is 0 Å². The minimum absolute atomic E-state index is 0.860. The van der Waals surface area contributed by atoms with Gasteiger partial charge in [0.15, 0.2) is 4.63 Å². The van der Waals surface area contributed by atoms with Crippen molar-refractivity contribution < 1.29 is 39.5 Å². The van der Waals surface area contributed by atoms with E-state index in [-0.39, 0.29) is 0 Å². The van der Waals surface area contributed by atoms with E-state index in [1.165, 1.54) is 0 Å². The summed E-state index contributed by atoms with van der Waals surface area (Å²) in [5.41, 5.74) is 0. The lowest BCUT2D eigenvalue weighted by Crippen LogP contribution is -2.61. The van der Waals surface area contributed by atoms with Crippen LogP contribution in [0.4, 0.5) is 39.5 Å². The van der Waals surface area contributed by atoms with Crippen LogP contribution in [0.1, 0.15) is 6.42 Å². The molecule has 0 spiro atoms. The molecule has 0 aromatic heterocycles. The molecule has 0 saturated carbocycles. The lowest BCUT2D eigenvalue weighted by molar-refractivity contribution is -0.396. The smallest absolute Gasteiger partial charge is 0.263 e. The number of halogens is 11. The number of aliphatic imine (C=N–C) groups is 1. The normalized spacial score (nSPS) is 14.5. The quantitative estimate of drug-likeness (QED) is 0.507. The van der Waals surface area contributed by atoms with Gasteiger partial charge in [-0.2, -0.15) is 39.5 Å². The van der Waals surface area contributed by atoms with Crippen molar-refractivity contribution in [2.75, 3.05) is 6.54 Å². The van der Waals surface area contributed by atoms with Gasteiger partial charge in [0.1, 0.15) is 0 Å². The van der Waals surface area contributed by atoms with Gasteiger partial charge in [0.2, 0.25) is 0 Å². The highest BCUT2D eigenvalue weighted by Crippen LogP contribution is 2.53. The minimum atomic E-state index is -6.89. The zero-order chi connectivity index (χ0) is 15.7. The first-order chi connectivity index (χ1) is 8.17. The Bertz CT molecular complexity index is 345. The summed E-state index contributed by atoms with van der Waals surface area (Å²) in [6, 6.07) is 0. The molecule has 0 N–H and O–H groups in total. The molecular formula is C7H4Cl2F9N. The number of hydrogen-bond acceptors (Lipinski definition) is 1. The molecule has 114 valence electrons. The van der Waals surface area contributed by atoms with Gasteiger partial charge >= 0.3 is 23.9 Å². The van der Waals surface area contributed by atoms with Crippen LogP contribution in [0.3, 0.4) is 0 Å².